The molecule has 1 amide bonds. The molecule has 0 saturated carbocycles. The van der Waals surface area contributed by atoms with E-state index < -0.39 is 0 Å². The van der Waals surface area contributed by atoms with Gasteiger partial charge in [-0.25, -0.2) is 0 Å². The summed E-state index contributed by atoms with van der Waals surface area (Å²) in [5, 5.41) is 1.85. The summed E-state index contributed by atoms with van der Waals surface area (Å²) in [4.78, 5) is 12.5. The van der Waals surface area contributed by atoms with Crippen LogP contribution in [0.2, 0.25) is 0 Å². The van der Waals surface area contributed by atoms with Crippen LogP contribution < -0.4 is 10.4 Å². The number of rotatable bonds is 4. The van der Waals surface area contributed by atoms with Crippen LogP contribution in [0.3, 0.4) is 0 Å². The molecule has 2 aromatic rings. The van der Waals surface area contributed by atoms with Crippen LogP contribution in [-0.4, -0.2) is 19.1 Å². The van der Waals surface area contributed by atoms with Crippen molar-refractivity contribution in [3.8, 4) is 0 Å². The topological polar surface area (TPSA) is 41.6 Å². The highest BCUT2D eigenvalue weighted by Crippen LogP contribution is 2.24. The Morgan fingerprint density at radius 3 is 1.91 bits per heavy atom. The van der Waals surface area contributed by atoms with E-state index in [1.165, 1.54) is 0 Å². The van der Waals surface area contributed by atoms with Crippen LogP contribution in [0.5, 0.6) is 0 Å². The number of carbonyl (C=O) groups excluding carboxylic acids is 1. The van der Waals surface area contributed by atoms with E-state index in [1.54, 1.807) is 0 Å². The van der Waals surface area contributed by atoms with E-state index in [0.717, 1.165) is 24.2 Å². The zero-order chi connectivity index (χ0) is 15.2. The second kappa shape index (κ2) is 7.09. The molecule has 1 fully saturated rings. The molecule has 1 aliphatic rings. The molecule has 114 valence electrons. The van der Waals surface area contributed by atoms with E-state index in [-0.39, 0.29) is 11.8 Å². The Kier molecular flexibility index (Phi) is 4.71. The monoisotopic (exact) mass is 296 g/mol. The molecular formula is C18H20N2O2. The molecule has 1 N–H and O–H groups in total. The van der Waals surface area contributed by atoms with Crippen LogP contribution in [0.25, 0.3) is 0 Å². The highest BCUT2D eigenvalue weighted by atomic mass is 16.5. The quantitative estimate of drug-likeness (QED) is 0.880. The number of nitrogens with zero attached hydrogens (tertiary/aromatic N) is 1. The second-order valence-electron chi connectivity index (χ2n) is 5.37. The van der Waals surface area contributed by atoms with Gasteiger partial charge in [0.2, 0.25) is 5.91 Å². The van der Waals surface area contributed by atoms with E-state index in [9.17, 15) is 4.79 Å². The lowest BCUT2D eigenvalue weighted by Gasteiger charge is -2.29. The van der Waals surface area contributed by atoms with Crippen molar-refractivity contribution in [1.82, 2.24) is 5.43 Å². The van der Waals surface area contributed by atoms with Gasteiger partial charge in [0.25, 0.3) is 0 Å². The summed E-state index contributed by atoms with van der Waals surface area (Å²) < 4.78 is 5.33. The molecule has 4 nitrogen and oxygen atoms in total. The smallest absolute Gasteiger partial charge is 0.242 e. The lowest BCUT2D eigenvalue weighted by atomic mass is 10.00. The lowest BCUT2D eigenvalue weighted by molar-refractivity contribution is -0.127. The summed E-state index contributed by atoms with van der Waals surface area (Å²) in [6, 6.07) is 19.7. The van der Waals surface area contributed by atoms with Gasteiger partial charge >= 0.3 is 0 Å². The average Bonchev–Trinajstić information content (AvgIpc) is 2.62. The Morgan fingerprint density at radius 1 is 0.909 bits per heavy atom. The molecule has 1 saturated heterocycles. The predicted octanol–water partition coefficient (Wildman–Crippen LogP) is 3.28. The number of hydrazine groups is 1. The number of ether oxygens (including phenoxy) is 1. The summed E-state index contributed by atoms with van der Waals surface area (Å²) >= 11 is 0. The van der Waals surface area contributed by atoms with Gasteiger partial charge in [-0.05, 0) is 37.1 Å². The molecule has 0 spiro atoms. The number of hydrogen-bond acceptors (Lipinski definition) is 3. The summed E-state index contributed by atoms with van der Waals surface area (Å²) in [7, 11) is 0. The average molecular weight is 296 g/mol. The van der Waals surface area contributed by atoms with Gasteiger partial charge in [0, 0.05) is 19.1 Å². The van der Waals surface area contributed by atoms with Gasteiger partial charge in [-0.3, -0.25) is 15.2 Å². The molecule has 0 bridgehead atoms. The summed E-state index contributed by atoms with van der Waals surface area (Å²) in [6.07, 6.45) is 1.56. The highest BCUT2D eigenvalue weighted by Gasteiger charge is 2.23. The first-order chi connectivity index (χ1) is 10.8. The predicted molar refractivity (Wildman–Crippen MR) is 86.7 cm³/mol. The summed E-state index contributed by atoms with van der Waals surface area (Å²) in [5.41, 5.74) is 4.94. The molecule has 1 aliphatic heterocycles. The van der Waals surface area contributed by atoms with Gasteiger partial charge in [0.1, 0.15) is 0 Å². The standard InChI is InChI=1S/C18H20N2O2/c21-18(15-11-13-22-14-12-15)19-20(16-7-3-1-4-8-16)17-9-5-2-6-10-17/h1-10,15H,11-14H2,(H,19,21). The molecule has 4 heteroatoms. The maximum Gasteiger partial charge on any atom is 0.242 e. The zero-order valence-electron chi connectivity index (χ0n) is 12.4. The van der Waals surface area contributed by atoms with Gasteiger partial charge in [0.15, 0.2) is 0 Å². The first-order valence-electron chi connectivity index (χ1n) is 7.63. The molecule has 0 radical (unpaired) electrons. The van der Waals surface area contributed by atoms with Crippen molar-refractivity contribution in [2.45, 2.75) is 12.8 Å². The number of nitrogens with one attached hydrogen (secondary N) is 1. The first kappa shape index (κ1) is 14.6. The third kappa shape index (κ3) is 3.46. The fourth-order valence-corrected chi connectivity index (χ4v) is 2.59. The SMILES string of the molecule is O=C(NN(c1ccccc1)c1ccccc1)C1CCOCC1. The Hall–Kier alpha value is -2.33. The maximum absolute atomic E-state index is 12.5. The van der Waals surface area contributed by atoms with Crippen molar-refractivity contribution in [2.24, 2.45) is 5.92 Å². The molecule has 0 unspecified atom stereocenters. The van der Waals surface area contributed by atoms with Crippen LogP contribution in [0, 0.1) is 5.92 Å². The van der Waals surface area contributed by atoms with Gasteiger partial charge in [-0.15, -0.1) is 0 Å². The van der Waals surface area contributed by atoms with Crippen LogP contribution in [0.1, 0.15) is 12.8 Å². The Morgan fingerprint density at radius 2 is 1.41 bits per heavy atom. The van der Waals surface area contributed by atoms with E-state index in [1.807, 2.05) is 65.7 Å². The fourth-order valence-electron chi connectivity index (χ4n) is 2.59. The fraction of sp³-hybridized carbons (Fsp3) is 0.278. The second-order valence-corrected chi connectivity index (χ2v) is 5.37. The van der Waals surface area contributed by atoms with Gasteiger partial charge < -0.3 is 4.74 Å². The Bertz CT molecular complexity index is 555. The normalized spacial score (nSPS) is 15.3. The van der Waals surface area contributed by atoms with Crippen molar-refractivity contribution in [1.29, 1.82) is 0 Å². The largest absolute Gasteiger partial charge is 0.381 e. The number of carbonyl (C=O) groups is 1. The lowest BCUT2D eigenvalue weighted by Crippen LogP contribution is -2.43. The molecule has 3 rings (SSSR count). The van der Waals surface area contributed by atoms with E-state index in [4.69, 9.17) is 4.74 Å². The van der Waals surface area contributed by atoms with Crippen molar-refractivity contribution in [3.63, 3.8) is 0 Å². The van der Waals surface area contributed by atoms with Crippen molar-refractivity contribution in [3.05, 3.63) is 60.7 Å². The zero-order valence-corrected chi connectivity index (χ0v) is 12.4. The van der Waals surface area contributed by atoms with Crippen LogP contribution in [-0.2, 0) is 9.53 Å². The molecule has 0 aliphatic carbocycles. The number of hydrogen-bond donors (Lipinski definition) is 1. The van der Waals surface area contributed by atoms with E-state index in [2.05, 4.69) is 5.43 Å². The minimum absolute atomic E-state index is 0.0173. The van der Waals surface area contributed by atoms with Crippen LogP contribution in [0.4, 0.5) is 11.4 Å². The van der Waals surface area contributed by atoms with Crippen molar-refractivity contribution >= 4 is 17.3 Å². The number of para-hydroxylation sites is 2. The molecular weight excluding hydrogens is 276 g/mol. The maximum atomic E-state index is 12.5. The highest BCUT2D eigenvalue weighted by molar-refractivity contribution is 5.82. The number of amides is 1. The Labute approximate surface area is 130 Å². The molecule has 2 aromatic carbocycles. The van der Waals surface area contributed by atoms with Crippen molar-refractivity contribution < 1.29 is 9.53 Å². The van der Waals surface area contributed by atoms with Crippen molar-refractivity contribution in [2.75, 3.05) is 18.2 Å². The van der Waals surface area contributed by atoms with Gasteiger partial charge in [0.05, 0.1) is 11.4 Å². The van der Waals surface area contributed by atoms with Gasteiger partial charge in [-0.1, -0.05) is 36.4 Å². The Balaban J connectivity index is 1.81. The van der Waals surface area contributed by atoms with Crippen LogP contribution >= 0.6 is 0 Å². The van der Waals surface area contributed by atoms with Gasteiger partial charge in [-0.2, -0.15) is 0 Å². The van der Waals surface area contributed by atoms with Crippen LogP contribution in [0.15, 0.2) is 60.7 Å². The molecule has 0 aromatic heterocycles. The first-order valence-corrected chi connectivity index (χ1v) is 7.63. The molecule has 22 heavy (non-hydrogen) atoms. The minimum atomic E-state index is 0.0173. The van der Waals surface area contributed by atoms with E-state index in [0.29, 0.717) is 13.2 Å². The minimum Gasteiger partial charge on any atom is -0.381 e. The number of anilines is 2. The number of benzene rings is 2. The summed E-state index contributed by atoms with van der Waals surface area (Å²) in [6.45, 7) is 1.32. The molecule has 1 heterocycles. The summed E-state index contributed by atoms with van der Waals surface area (Å²) in [5.74, 6) is 0.0691. The third-order valence-corrected chi connectivity index (χ3v) is 3.84. The molecule has 0 atom stereocenters. The van der Waals surface area contributed by atoms with E-state index >= 15 is 0 Å². The third-order valence-electron chi connectivity index (χ3n) is 3.84.